The van der Waals surface area contributed by atoms with Crippen molar-refractivity contribution in [1.82, 2.24) is 20.1 Å². The Balaban J connectivity index is 1.53. The minimum absolute atomic E-state index is 0.0442. The van der Waals surface area contributed by atoms with Crippen LogP contribution in [0.3, 0.4) is 0 Å². The third-order valence-electron chi connectivity index (χ3n) is 5.12. The number of hydrogen-bond donors (Lipinski definition) is 1. The molecule has 1 aliphatic carbocycles. The van der Waals surface area contributed by atoms with Gasteiger partial charge < -0.3 is 10.2 Å². The zero-order chi connectivity index (χ0) is 18.8. The van der Waals surface area contributed by atoms with Crippen LogP contribution in [0, 0.1) is 5.92 Å². The molecular weight excluding hydrogens is 382 g/mol. The quantitative estimate of drug-likeness (QED) is 0.714. The highest BCUT2D eigenvalue weighted by Crippen LogP contribution is 2.33. The molecule has 27 heavy (non-hydrogen) atoms. The van der Waals surface area contributed by atoms with Gasteiger partial charge in [-0.25, -0.2) is 0 Å². The number of benzene rings is 1. The normalized spacial score (nSPS) is 17.9. The summed E-state index contributed by atoms with van der Waals surface area (Å²) >= 11 is 7.62. The fourth-order valence-electron chi connectivity index (χ4n) is 3.46. The Morgan fingerprint density at radius 3 is 2.81 bits per heavy atom. The molecule has 1 atom stereocenters. The van der Waals surface area contributed by atoms with E-state index in [-0.39, 0.29) is 11.9 Å². The Morgan fingerprint density at radius 2 is 2.11 bits per heavy atom. The molecule has 1 aromatic carbocycles. The lowest BCUT2D eigenvalue weighted by Crippen LogP contribution is -2.35. The maximum atomic E-state index is 12.3. The van der Waals surface area contributed by atoms with Crippen molar-refractivity contribution in [2.24, 2.45) is 5.92 Å². The van der Waals surface area contributed by atoms with Crippen LogP contribution >= 0.6 is 23.4 Å². The summed E-state index contributed by atoms with van der Waals surface area (Å²) in [5.41, 5.74) is 0.920. The van der Waals surface area contributed by atoms with E-state index in [1.807, 2.05) is 28.8 Å². The highest BCUT2D eigenvalue weighted by atomic mass is 35.5. The smallest absolute Gasteiger partial charge is 0.232 e. The van der Waals surface area contributed by atoms with E-state index in [4.69, 9.17) is 11.6 Å². The maximum absolute atomic E-state index is 12.3. The largest absolute Gasteiger partial charge is 0.353 e. The Kier molecular flexibility index (Phi) is 5.59. The van der Waals surface area contributed by atoms with Crippen molar-refractivity contribution >= 4 is 35.2 Å². The first-order valence-corrected chi connectivity index (χ1v) is 10.9. The lowest BCUT2D eigenvalue weighted by molar-refractivity contribution is -0.119. The molecule has 1 amide bonds. The highest BCUT2D eigenvalue weighted by Gasteiger charge is 2.29. The number of aromatic nitrogens is 3. The van der Waals surface area contributed by atoms with E-state index in [1.165, 1.54) is 24.6 Å². The Hall–Kier alpha value is -1.73. The first-order chi connectivity index (χ1) is 13.1. The number of hydrogen-bond acceptors (Lipinski definition) is 5. The number of nitrogens with one attached hydrogen (secondary N) is 1. The molecule has 2 aliphatic rings. The molecule has 0 radical (unpaired) electrons. The van der Waals surface area contributed by atoms with Gasteiger partial charge in [-0.05, 0) is 56.7 Å². The summed E-state index contributed by atoms with van der Waals surface area (Å²) in [5, 5.41) is 13.3. The first kappa shape index (κ1) is 18.6. The number of thioether (sulfide) groups is 1. The van der Waals surface area contributed by atoms with Gasteiger partial charge in [0.25, 0.3) is 0 Å². The first-order valence-electron chi connectivity index (χ1n) is 9.50. The van der Waals surface area contributed by atoms with Gasteiger partial charge in [-0.3, -0.25) is 9.36 Å². The van der Waals surface area contributed by atoms with Gasteiger partial charge >= 0.3 is 0 Å². The summed E-state index contributed by atoms with van der Waals surface area (Å²) in [6.45, 7) is 4.03. The molecule has 1 aliphatic heterocycles. The van der Waals surface area contributed by atoms with Gasteiger partial charge in [-0.15, -0.1) is 10.2 Å². The van der Waals surface area contributed by atoms with Crippen molar-refractivity contribution in [3.63, 3.8) is 0 Å². The second kappa shape index (κ2) is 8.10. The Morgan fingerprint density at radius 1 is 1.33 bits per heavy atom. The van der Waals surface area contributed by atoms with Crippen LogP contribution in [-0.4, -0.2) is 45.6 Å². The van der Waals surface area contributed by atoms with Crippen molar-refractivity contribution in [2.75, 3.05) is 23.7 Å². The van der Waals surface area contributed by atoms with Crippen molar-refractivity contribution < 1.29 is 4.79 Å². The molecule has 1 saturated heterocycles. The van der Waals surface area contributed by atoms with Crippen molar-refractivity contribution in [3.8, 4) is 5.69 Å². The van der Waals surface area contributed by atoms with Crippen molar-refractivity contribution in [1.29, 1.82) is 0 Å². The number of anilines is 1. The van der Waals surface area contributed by atoms with Crippen LogP contribution in [0.2, 0.25) is 5.02 Å². The van der Waals surface area contributed by atoms with Crippen LogP contribution in [0.1, 0.15) is 32.6 Å². The van der Waals surface area contributed by atoms with Crippen LogP contribution in [0.15, 0.2) is 29.4 Å². The van der Waals surface area contributed by atoms with Crippen molar-refractivity contribution in [3.05, 3.63) is 29.3 Å². The van der Waals surface area contributed by atoms with E-state index in [2.05, 4.69) is 27.3 Å². The molecule has 2 fully saturated rings. The summed E-state index contributed by atoms with van der Waals surface area (Å²) in [7, 11) is 0. The van der Waals surface area contributed by atoms with Crippen molar-refractivity contribution in [2.45, 2.75) is 43.8 Å². The van der Waals surface area contributed by atoms with Gasteiger partial charge in [0, 0.05) is 24.2 Å². The Labute approximate surface area is 168 Å². The molecule has 4 rings (SSSR count). The lowest BCUT2D eigenvalue weighted by Gasteiger charge is -2.18. The molecule has 0 bridgehead atoms. The minimum Gasteiger partial charge on any atom is -0.353 e. The molecule has 1 N–H and O–H groups in total. The fourth-order valence-corrected chi connectivity index (χ4v) is 4.40. The van der Waals surface area contributed by atoms with Crippen LogP contribution in [0.25, 0.3) is 5.69 Å². The number of rotatable bonds is 7. The average Bonchev–Trinajstić information content (AvgIpc) is 3.20. The van der Waals surface area contributed by atoms with Gasteiger partial charge in [0.2, 0.25) is 11.9 Å². The molecule has 1 aromatic heterocycles. The molecular formula is C19H24ClN5OS. The summed E-state index contributed by atoms with van der Waals surface area (Å²) in [4.78, 5) is 14.5. The highest BCUT2D eigenvalue weighted by molar-refractivity contribution is 7.99. The fraction of sp³-hybridized carbons (Fsp3) is 0.526. The number of carbonyl (C=O) groups is 1. The molecule has 144 valence electrons. The second-order valence-corrected chi connectivity index (χ2v) is 8.65. The van der Waals surface area contributed by atoms with Gasteiger partial charge in [0.1, 0.15) is 0 Å². The summed E-state index contributed by atoms with van der Waals surface area (Å²) in [5.74, 6) is 1.85. The van der Waals surface area contributed by atoms with Crippen LogP contribution in [0.4, 0.5) is 5.95 Å². The van der Waals surface area contributed by atoms with Gasteiger partial charge in [0.05, 0.1) is 11.4 Å². The molecule has 1 saturated carbocycles. The lowest BCUT2D eigenvalue weighted by atomic mass is 10.2. The van der Waals surface area contributed by atoms with Crippen LogP contribution in [-0.2, 0) is 4.79 Å². The van der Waals surface area contributed by atoms with E-state index in [9.17, 15) is 4.79 Å². The third-order valence-corrected chi connectivity index (χ3v) is 6.29. The summed E-state index contributed by atoms with van der Waals surface area (Å²) in [6.07, 6.45) is 4.76. The van der Waals surface area contributed by atoms with E-state index in [0.29, 0.717) is 21.8 Å². The number of halogens is 1. The SMILES string of the molecule is CC(NC(=O)CSc1nnc(N2CCCC2)n1-c1cccc(Cl)c1)C1CC1. The predicted octanol–water partition coefficient (Wildman–Crippen LogP) is 3.53. The summed E-state index contributed by atoms with van der Waals surface area (Å²) in [6, 6.07) is 7.93. The molecule has 2 aromatic rings. The maximum Gasteiger partial charge on any atom is 0.232 e. The average molecular weight is 406 g/mol. The summed E-state index contributed by atoms with van der Waals surface area (Å²) < 4.78 is 2.01. The second-order valence-electron chi connectivity index (χ2n) is 7.27. The van der Waals surface area contributed by atoms with Crippen LogP contribution < -0.4 is 10.2 Å². The molecule has 0 spiro atoms. The molecule has 2 heterocycles. The number of carbonyl (C=O) groups excluding carboxylic acids is 1. The number of amides is 1. The zero-order valence-corrected chi connectivity index (χ0v) is 17.0. The van der Waals surface area contributed by atoms with E-state index >= 15 is 0 Å². The Bertz CT molecular complexity index is 816. The molecule has 6 nitrogen and oxygen atoms in total. The standard InChI is InChI=1S/C19H24ClN5OS/c1-13(14-7-8-14)21-17(26)12-27-19-23-22-18(24-9-2-3-10-24)25(19)16-6-4-5-15(20)11-16/h4-6,11,13-14H,2-3,7-10,12H2,1H3,(H,21,26). The predicted molar refractivity (Wildman–Crippen MR) is 109 cm³/mol. The van der Waals surface area contributed by atoms with E-state index < -0.39 is 0 Å². The van der Waals surface area contributed by atoms with E-state index in [1.54, 1.807) is 0 Å². The number of nitrogens with zero attached hydrogens (tertiary/aromatic N) is 4. The van der Waals surface area contributed by atoms with E-state index in [0.717, 1.165) is 37.6 Å². The minimum atomic E-state index is 0.0442. The topological polar surface area (TPSA) is 63.1 Å². The zero-order valence-electron chi connectivity index (χ0n) is 15.4. The molecule has 1 unspecified atom stereocenters. The van der Waals surface area contributed by atoms with Gasteiger partial charge in [-0.2, -0.15) is 0 Å². The third kappa shape index (κ3) is 4.41. The van der Waals surface area contributed by atoms with Gasteiger partial charge in [0.15, 0.2) is 5.16 Å². The monoisotopic (exact) mass is 405 g/mol. The van der Waals surface area contributed by atoms with Crippen LogP contribution in [0.5, 0.6) is 0 Å². The molecule has 8 heteroatoms. The van der Waals surface area contributed by atoms with Gasteiger partial charge in [-0.1, -0.05) is 29.4 Å².